The molecule has 29 heavy (non-hydrogen) atoms. The third kappa shape index (κ3) is 4.78. The average molecular weight is 405 g/mol. The number of benzene rings is 1. The maximum atomic E-state index is 13.9. The molecule has 0 fully saturated rings. The number of carbonyl (C=O) groups is 2. The number of carbonyl (C=O) groups excluding carboxylic acids is 2. The standard InChI is InChI=1S/C20H25F2N5O2/c1-3-13(2)20(29)23-12-17-25-24-16-7-8-26(9-10-27(16)17)18(28)11-14-5-4-6-15(21)19(14)22/h4-6,13H,3,7-12H2,1-2H3,(H,23,29). The first-order chi connectivity index (χ1) is 13.9. The molecule has 1 unspecified atom stereocenters. The van der Waals surface area contributed by atoms with Gasteiger partial charge in [0, 0.05) is 37.5 Å². The van der Waals surface area contributed by atoms with Crippen molar-refractivity contribution in [1.29, 1.82) is 0 Å². The van der Waals surface area contributed by atoms with Gasteiger partial charge in [0.2, 0.25) is 11.8 Å². The van der Waals surface area contributed by atoms with E-state index in [1.807, 2.05) is 18.4 Å². The second-order valence-electron chi connectivity index (χ2n) is 7.23. The van der Waals surface area contributed by atoms with Crippen molar-refractivity contribution in [3.8, 4) is 0 Å². The minimum absolute atomic E-state index is 0.0348. The van der Waals surface area contributed by atoms with Crippen molar-refractivity contribution in [3.63, 3.8) is 0 Å². The molecule has 1 atom stereocenters. The first-order valence-electron chi connectivity index (χ1n) is 9.80. The molecule has 9 heteroatoms. The van der Waals surface area contributed by atoms with Crippen LogP contribution in [0.15, 0.2) is 18.2 Å². The molecule has 0 aliphatic carbocycles. The van der Waals surface area contributed by atoms with E-state index >= 15 is 0 Å². The molecule has 7 nitrogen and oxygen atoms in total. The number of amides is 2. The van der Waals surface area contributed by atoms with Crippen LogP contribution in [0.25, 0.3) is 0 Å². The minimum atomic E-state index is -0.980. The summed E-state index contributed by atoms with van der Waals surface area (Å²) in [6.45, 7) is 5.41. The van der Waals surface area contributed by atoms with Crippen molar-refractivity contribution in [2.75, 3.05) is 13.1 Å². The molecule has 1 aliphatic rings. The summed E-state index contributed by atoms with van der Waals surface area (Å²) in [5, 5.41) is 11.2. The van der Waals surface area contributed by atoms with E-state index in [0.29, 0.717) is 31.9 Å². The second kappa shape index (κ2) is 9.11. The van der Waals surface area contributed by atoms with Crippen molar-refractivity contribution in [1.82, 2.24) is 25.0 Å². The zero-order chi connectivity index (χ0) is 21.0. The normalized spacial score (nSPS) is 14.8. The van der Waals surface area contributed by atoms with Gasteiger partial charge >= 0.3 is 0 Å². The molecule has 0 saturated heterocycles. The molecule has 0 bridgehead atoms. The summed E-state index contributed by atoms with van der Waals surface area (Å²) in [5.74, 6) is -0.925. The topological polar surface area (TPSA) is 80.1 Å². The fourth-order valence-corrected chi connectivity index (χ4v) is 3.25. The van der Waals surface area contributed by atoms with Gasteiger partial charge in [0.25, 0.3) is 0 Å². The van der Waals surface area contributed by atoms with Crippen LogP contribution in [0.2, 0.25) is 0 Å². The Bertz CT molecular complexity index is 899. The van der Waals surface area contributed by atoms with Gasteiger partial charge in [0.1, 0.15) is 5.82 Å². The molecule has 1 aliphatic heterocycles. The van der Waals surface area contributed by atoms with Crippen LogP contribution < -0.4 is 5.32 Å². The fourth-order valence-electron chi connectivity index (χ4n) is 3.25. The lowest BCUT2D eigenvalue weighted by atomic mass is 10.1. The van der Waals surface area contributed by atoms with Gasteiger partial charge in [-0.25, -0.2) is 8.78 Å². The van der Waals surface area contributed by atoms with Crippen LogP contribution in [-0.2, 0) is 35.5 Å². The highest BCUT2D eigenvalue weighted by Crippen LogP contribution is 2.15. The first-order valence-corrected chi connectivity index (χ1v) is 9.80. The lowest BCUT2D eigenvalue weighted by Gasteiger charge is -2.20. The lowest BCUT2D eigenvalue weighted by Crippen LogP contribution is -2.35. The largest absolute Gasteiger partial charge is 0.349 e. The Labute approximate surface area is 168 Å². The van der Waals surface area contributed by atoms with Crippen LogP contribution in [-0.4, -0.2) is 44.6 Å². The number of fused-ring (bicyclic) bond motifs is 1. The van der Waals surface area contributed by atoms with E-state index in [4.69, 9.17) is 0 Å². The van der Waals surface area contributed by atoms with E-state index in [9.17, 15) is 18.4 Å². The predicted molar refractivity (Wildman–Crippen MR) is 102 cm³/mol. The summed E-state index contributed by atoms with van der Waals surface area (Å²) in [6.07, 6.45) is 1.07. The Morgan fingerprint density at radius 3 is 2.76 bits per heavy atom. The molecule has 1 aromatic heterocycles. The van der Waals surface area contributed by atoms with Crippen LogP contribution >= 0.6 is 0 Å². The van der Waals surface area contributed by atoms with Gasteiger partial charge in [-0.05, 0) is 12.5 Å². The Kier molecular flexibility index (Phi) is 6.56. The van der Waals surface area contributed by atoms with E-state index in [0.717, 1.165) is 18.3 Å². The second-order valence-corrected chi connectivity index (χ2v) is 7.23. The predicted octanol–water partition coefficient (Wildman–Crippen LogP) is 1.85. The van der Waals surface area contributed by atoms with E-state index in [1.54, 1.807) is 4.90 Å². The Balaban J connectivity index is 1.62. The fraction of sp³-hybridized carbons (Fsp3) is 0.500. The van der Waals surface area contributed by atoms with Crippen molar-refractivity contribution >= 4 is 11.8 Å². The molecule has 156 valence electrons. The number of nitrogens with zero attached hydrogens (tertiary/aromatic N) is 4. The highest BCUT2D eigenvalue weighted by molar-refractivity contribution is 5.79. The number of rotatable bonds is 6. The molecule has 0 spiro atoms. The van der Waals surface area contributed by atoms with Gasteiger partial charge < -0.3 is 14.8 Å². The molecule has 1 aromatic carbocycles. The highest BCUT2D eigenvalue weighted by Gasteiger charge is 2.23. The molecule has 0 saturated carbocycles. The van der Waals surface area contributed by atoms with Crippen LogP contribution in [0.1, 0.15) is 37.5 Å². The third-order valence-corrected chi connectivity index (χ3v) is 5.31. The lowest BCUT2D eigenvalue weighted by molar-refractivity contribution is -0.130. The zero-order valence-electron chi connectivity index (χ0n) is 16.6. The molecular formula is C20H25F2N5O2. The van der Waals surface area contributed by atoms with Gasteiger partial charge in [-0.2, -0.15) is 0 Å². The van der Waals surface area contributed by atoms with Crippen molar-refractivity contribution in [2.24, 2.45) is 5.92 Å². The quantitative estimate of drug-likeness (QED) is 0.795. The summed E-state index contributed by atoms with van der Waals surface area (Å²) in [6, 6.07) is 3.84. The Hall–Kier alpha value is -2.84. The zero-order valence-corrected chi connectivity index (χ0v) is 16.6. The third-order valence-electron chi connectivity index (χ3n) is 5.31. The van der Waals surface area contributed by atoms with Crippen molar-refractivity contribution in [3.05, 3.63) is 47.0 Å². The SMILES string of the molecule is CCC(C)C(=O)NCc1nnc2n1CCN(C(=O)Cc1cccc(F)c1F)CC2. The summed E-state index contributed by atoms with van der Waals surface area (Å²) in [7, 11) is 0. The average Bonchev–Trinajstić information content (AvgIpc) is 2.97. The summed E-state index contributed by atoms with van der Waals surface area (Å²) in [4.78, 5) is 26.2. The number of nitrogens with one attached hydrogen (secondary N) is 1. The van der Waals surface area contributed by atoms with Crippen molar-refractivity contribution in [2.45, 2.75) is 46.2 Å². The van der Waals surface area contributed by atoms with Crippen LogP contribution in [0, 0.1) is 17.6 Å². The molecule has 2 amide bonds. The van der Waals surface area contributed by atoms with Gasteiger partial charge in [-0.15, -0.1) is 10.2 Å². The van der Waals surface area contributed by atoms with Crippen LogP contribution in [0.3, 0.4) is 0 Å². The number of halogens is 2. The first kappa shape index (κ1) is 20.9. The molecule has 3 rings (SSSR count). The minimum Gasteiger partial charge on any atom is -0.349 e. The smallest absolute Gasteiger partial charge is 0.227 e. The Morgan fingerprint density at radius 1 is 1.21 bits per heavy atom. The van der Waals surface area contributed by atoms with Crippen LogP contribution in [0.5, 0.6) is 0 Å². The molecule has 0 radical (unpaired) electrons. The monoisotopic (exact) mass is 405 g/mol. The molecule has 2 aromatic rings. The number of hydrogen-bond donors (Lipinski definition) is 1. The Morgan fingerprint density at radius 2 is 2.00 bits per heavy atom. The van der Waals surface area contributed by atoms with Gasteiger partial charge in [-0.3, -0.25) is 9.59 Å². The molecular weight excluding hydrogens is 380 g/mol. The summed E-state index contributed by atoms with van der Waals surface area (Å²) < 4.78 is 29.1. The van der Waals surface area contributed by atoms with E-state index in [-0.39, 0.29) is 36.3 Å². The van der Waals surface area contributed by atoms with E-state index < -0.39 is 11.6 Å². The maximum Gasteiger partial charge on any atom is 0.227 e. The van der Waals surface area contributed by atoms with Crippen LogP contribution in [0.4, 0.5) is 8.78 Å². The summed E-state index contributed by atoms with van der Waals surface area (Å²) in [5.41, 5.74) is 0.0482. The number of hydrogen-bond acceptors (Lipinski definition) is 4. The summed E-state index contributed by atoms with van der Waals surface area (Å²) >= 11 is 0. The maximum absolute atomic E-state index is 13.9. The van der Waals surface area contributed by atoms with E-state index in [2.05, 4.69) is 15.5 Å². The van der Waals surface area contributed by atoms with Gasteiger partial charge in [0.15, 0.2) is 17.5 Å². The highest BCUT2D eigenvalue weighted by atomic mass is 19.2. The van der Waals surface area contributed by atoms with Gasteiger partial charge in [-0.1, -0.05) is 26.0 Å². The number of aromatic nitrogens is 3. The van der Waals surface area contributed by atoms with Gasteiger partial charge in [0.05, 0.1) is 13.0 Å². The molecule has 1 N–H and O–H groups in total. The van der Waals surface area contributed by atoms with Crippen molar-refractivity contribution < 1.29 is 18.4 Å². The molecule has 2 heterocycles. The van der Waals surface area contributed by atoms with E-state index in [1.165, 1.54) is 12.1 Å².